The molecule has 0 aliphatic heterocycles. The summed E-state index contributed by atoms with van der Waals surface area (Å²) in [5, 5.41) is 13.8. The van der Waals surface area contributed by atoms with Gasteiger partial charge in [0.1, 0.15) is 0 Å². The number of halogens is 1. The van der Waals surface area contributed by atoms with E-state index in [9.17, 15) is 0 Å². The van der Waals surface area contributed by atoms with E-state index in [1.54, 1.807) is 12.3 Å². The van der Waals surface area contributed by atoms with Crippen LogP contribution in [0.1, 0.15) is 5.56 Å². The van der Waals surface area contributed by atoms with Crippen LogP contribution in [0.3, 0.4) is 0 Å². The van der Waals surface area contributed by atoms with Crippen LogP contribution in [0.15, 0.2) is 18.5 Å². The maximum atomic E-state index is 6.75. The van der Waals surface area contributed by atoms with Crippen LogP contribution in [-0.4, -0.2) is 16.4 Å². The fraction of sp³-hybridized carbons (Fsp3) is 0. The van der Waals surface area contributed by atoms with Crippen LogP contribution in [-0.2, 0) is 0 Å². The Kier molecular flexibility index (Phi) is 3.55. The third-order valence-electron chi connectivity index (χ3n) is 0.774. The number of hydrogen-bond acceptors (Lipinski definition) is 3. The first-order valence-electron chi connectivity index (χ1n) is 2.20. The van der Waals surface area contributed by atoms with Gasteiger partial charge >= 0.3 is 0 Å². The van der Waals surface area contributed by atoms with Crippen LogP contribution in [0.4, 0.5) is 0 Å². The summed E-state index contributed by atoms with van der Waals surface area (Å²) in [6.07, 6.45) is 4.32. The predicted octanol–water partition coefficient (Wildman–Crippen LogP) is 0.896. The van der Waals surface area contributed by atoms with Gasteiger partial charge in [-0.1, -0.05) is 0 Å². The molecule has 3 nitrogen and oxygen atoms in total. The molecule has 0 amide bonds. The molecule has 0 atom stereocenters. The van der Waals surface area contributed by atoms with E-state index in [0.717, 1.165) is 5.56 Å². The Bertz CT molecular complexity index is 175. The number of nitrogens with one attached hydrogen (secondary N) is 1. The van der Waals surface area contributed by atoms with Crippen molar-refractivity contribution in [1.29, 1.82) is 5.41 Å². The Hall–Kier alpha value is -0.960. The molecule has 1 N–H and O–H groups in total. The van der Waals surface area contributed by atoms with E-state index in [-0.39, 0.29) is 12.4 Å². The van der Waals surface area contributed by atoms with Gasteiger partial charge in [0.2, 0.25) is 0 Å². The zero-order valence-electron chi connectivity index (χ0n) is 4.61. The fourth-order valence-corrected chi connectivity index (χ4v) is 0.386. The number of nitrogens with zero attached hydrogens (tertiary/aromatic N) is 2. The van der Waals surface area contributed by atoms with Crippen LogP contribution >= 0.6 is 12.4 Å². The molecule has 1 rings (SSSR count). The Morgan fingerprint density at radius 2 is 2.22 bits per heavy atom. The van der Waals surface area contributed by atoms with Crippen molar-refractivity contribution in [2.45, 2.75) is 0 Å². The minimum absolute atomic E-state index is 0. The zero-order chi connectivity index (χ0) is 5.82. The van der Waals surface area contributed by atoms with Crippen molar-refractivity contribution in [1.82, 2.24) is 10.2 Å². The fourth-order valence-electron chi connectivity index (χ4n) is 0.386. The van der Waals surface area contributed by atoms with E-state index >= 15 is 0 Å². The summed E-state index contributed by atoms with van der Waals surface area (Å²) in [5.74, 6) is 0. The third-order valence-corrected chi connectivity index (χ3v) is 0.774. The van der Waals surface area contributed by atoms with Gasteiger partial charge in [-0.2, -0.15) is 10.2 Å². The van der Waals surface area contributed by atoms with Gasteiger partial charge in [-0.3, -0.25) is 0 Å². The highest BCUT2D eigenvalue weighted by molar-refractivity contribution is 5.85. The maximum absolute atomic E-state index is 6.75. The SMILES string of the molecule is Cl.N=Cc1ccnnc1. The van der Waals surface area contributed by atoms with Crippen molar-refractivity contribution < 1.29 is 0 Å². The summed E-state index contributed by atoms with van der Waals surface area (Å²) in [6.45, 7) is 0. The molecule has 0 saturated carbocycles. The first-order chi connectivity index (χ1) is 3.93. The number of hydrogen-bond donors (Lipinski definition) is 1. The molecule has 0 radical (unpaired) electrons. The average molecular weight is 144 g/mol. The minimum Gasteiger partial charge on any atom is -0.308 e. The van der Waals surface area contributed by atoms with E-state index in [1.807, 2.05) is 0 Å². The van der Waals surface area contributed by atoms with E-state index in [4.69, 9.17) is 5.41 Å². The molecule has 0 spiro atoms. The highest BCUT2D eigenvalue weighted by Gasteiger charge is 1.79. The first kappa shape index (κ1) is 8.04. The Morgan fingerprint density at radius 1 is 1.44 bits per heavy atom. The van der Waals surface area contributed by atoms with Gasteiger partial charge in [0.15, 0.2) is 0 Å². The van der Waals surface area contributed by atoms with Crippen molar-refractivity contribution in [3.63, 3.8) is 0 Å². The summed E-state index contributed by atoms with van der Waals surface area (Å²) in [6, 6.07) is 1.72. The molecule has 0 bridgehead atoms. The smallest absolute Gasteiger partial charge is 0.0583 e. The van der Waals surface area contributed by atoms with Gasteiger partial charge in [-0.25, -0.2) is 0 Å². The van der Waals surface area contributed by atoms with Crippen molar-refractivity contribution in [2.24, 2.45) is 0 Å². The Morgan fingerprint density at radius 3 is 2.56 bits per heavy atom. The summed E-state index contributed by atoms with van der Waals surface area (Å²) < 4.78 is 0. The number of aromatic nitrogens is 2. The second-order valence-corrected chi connectivity index (χ2v) is 1.32. The van der Waals surface area contributed by atoms with Crippen LogP contribution in [0.5, 0.6) is 0 Å². The molecule has 1 heterocycles. The van der Waals surface area contributed by atoms with Crippen molar-refractivity contribution >= 4 is 18.6 Å². The lowest BCUT2D eigenvalue weighted by Gasteiger charge is -1.82. The lowest BCUT2D eigenvalue weighted by atomic mass is 10.3. The molecule has 0 fully saturated rings. The molecule has 0 aromatic carbocycles. The normalized spacial score (nSPS) is 7.56. The maximum Gasteiger partial charge on any atom is 0.0583 e. The van der Waals surface area contributed by atoms with Gasteiger partial charge in [0.25, 0.3) is 0 Å². The van der Waals surface area contributed by atoms with E-state index in [0.29, 0.717) is 0 Å². The standard InChI is InChI=1S/C5H5N3.ClH/c6-3-5-1-2-7-8-4-5;/h1-4,6H;1H. The van der Waals surface area contributed by atoms with Gasteiger partial charge in [0, 0.05) is 11.8 Å². The van der Waals surface area contributed by atoms with Crippen LogP contribution in [0.25, 0.3) is 0 Å². The zero-order valence-corrected chi connectivity index (χ0v) is 5.43. The molecule has 0 unspecified atom stereocenters. The molecule has 1 aromatic rings. The molecule has 0 aliphatic rings. The highest BCUT2D eigenvalue weighted by atomic mass is 35.5. The monoisotopic (exact) mass is 143 g/mol. The van der Waals surface area contributed by atoms with Gasteiger partial charge in [-0.15, -0.1) is 12.4 Å². The Labute approximate surface area is 59.0 Å². The van der Waals surface area contributed by atoms with Crippen LogP contribution in [0, 0.1) is 5.41 Å². The molecule has 0 saturated heterocycles. The lowest BCUT2D eigenvalue weighted by molar-refractivity contribution is 1.03. The molecule has 9 heavy (non-hydrogen) atoms. The topological polar surface area (TPSA) is 49.6 Å². The lowest BCUT2D eigenvalue weighted by Crippen LogP contribution is -1.82. The van der Waals surface area contributed by atoms with Gasteiger partial charge < -0.3 is 5.41 Å². The van der Waals surface area contributed by atoms with Crippen LogP contribution in [0.2, 0.25) is 0 Å². The molecule has 1 aromatic heterocycles. The van der Waals surface area contributed by atoms with Crippen molar-refractivity contribution in [3.8, 4) is 0 Å². The molecule has 0 aliphatic carbocycles. The third kappa shape index (κ3) is 2.19. The quantitative estimate of drug-likeness (QED) is 0.594. The van der Waals surface area contributed by atoms with Crippen LogP contribution < -0.4 is 0 Å². The summed E-state index contributed by atoms with van der Waals surface area (Å²) in [7, 11) is 0. The average Bonchev–Trinajstić information content (AvgIpc) is 1.90. The molecular weight excluding hydrogens is 138 g/mol. The predicted molar refractivity (Wildman–Crippen MR) is 37.2 cm³/mol. The van der Waals surface area contributed by atoms with E-state index in [2.05, 4.69) is 10.2 Å². The van der Waals surface area contributed by atoms with Gasteiger partial charge in [-0.05, 0) is 6.07 Å². The molecule has 48 valence electrons. The van der Waals surface area contributed by atoms with Gasteiger partial charge in [0.05, 0.1) is 12.4 Å². The first-order valence-corrected chi connectivity index (χ1v) is 2.20. The molecule has 4 heteroatoms. The second-order valence-electron chi connectivity index (χ2n) is 1.32. The second kappa shape index (κ2) is 3.97. The van der Waals surface area contributed by atoms with E-state index < -0.39 is 0 Å². The van der Waals surface area contributed by atoms with Crippen molar-refractivity contribution in [2.75, 3.05) is 0 Å². The highest BCUT2D eigenvalue weighted by Crippen LogP contribution is 1.84. The largest absolute Gasteiger partial charge is 0.308 e. The Balaban J connectivity index is 0.000000640. The summed E-state index contributed by atoms with van der Waals surface area (Å²) in [5.41, 5.74) is 0.778. The summed E-state index contributed by atoms with van der Waals surface area (Å²) >= 11 is 0. The minimum atomic E-state index is 0. The van der Waals surface area contributed by atoms with E-state index in [1.165, 1.54) is 12.4 Å². The number of rotatable bonds is 1. The van der Waals surface area contributed by atoms with Crippen molar-refractivity contribution in [3.05, 3.63) is 24.0 Å². The molecular formula is C5H6ClN3. The summed E-state index contributed by atoms with van der Waals surface area (Å²) in [4.78, 5) is 0.